The average Bonchev–Trinajstić information content (AvgIpc) is 2.79. The van der Waals surface area contributed by atoms with Crippen LogP contribution in [0.15, 0.2) is 24.3 Å². The molecule has 0 radical (unpaired) electrons. The molecule has 1 nitrogen and oxygen atoms in total. The number of hydrogen-bond acceptors (Lipinski definition) is 1. The molecule has 1 aliphatic carbocycles. The van der Waals surface area contributed by atoms with E-state index in [-0.39, 0.29) is 5.41 Å². The monoisotopic (exact) mass is 195 g/mol. The summed E-state index contributed by atoms with van der Waals surface area (Å²) >= 11 is 6.13. The Balaban J connectivity index is 2.32. The van der Waals surface area contributed by atoms with Crippen LogP contribution < -0.4 is 5.73 Å². The summed E-state index contributed by atoms with van der Waals surface area (Å²) < 4.78 is 0. The summed E-state index contributed by atoms with van der Waals surface area (Å²) in [5.41, 5.74) is 7.15. The molecule has 0 saturated heterocycles. The van der Waals surface area contributed by atoms with Crippen LogP contribution in [0.2, 0.25) is 5.02 Å². The number of rotatable bonds is 2. The fourth-order valence-corrected chi connectivity index (χ4v) is 2.40. The largest absolute Gasteiger partial charge is 0.330 e. The van der Waals surface area contributed by atoms with Crippen molar-refractivity contribution in [3.63, 3.8) is 0 Å². The molecule has 0 aromatic heterocycles. The number of hydrogen-bond donors (Lipinski definition) is 1. The normalized spacial score (nSPS) is 31.8. The maximum Gasteiger partial charge on any atom is 0.0443 e. The Bertz CT molecular complexity index is 324. The van der Waals surface area contributed by atoms with Gasteiger partial charge in [-0.3, -0.25) is 0 Å². The van der Waals surface area contributed by atoms with Crippen LogP contribution in [0.4, 0.5) is 0 Å². The molecule has 1 aromatic carbocycles. The molecule has 1 aromatic rings. The molecule has 0 bridgehead atoms. The molecule has 0 heterocycles. The fourth-order valence-electron chi connectivity index (χ4n) is 2.05. The van der Waals surface area contributed by atoms with Crippen LogP contribution in [0.3, 0.4) is 0 Å². The highest BCUT2D eigenvalue weighted by atomic mass is 35.5. The molecule has 13 heavy (non-hydrogen) atoms. The minimum absolute atomic E-state index is 0.243. The third kappa shape index (κ3) is 1.36. The van der Waals surface area contributed by atoms with Crippen molar-refractivity contribution in [1.82, 2.24) is 0 Å². The van der Waals surface area contributed by atoms with Gasteiger partial charge in [0.2, 0.25) is 0 Å². The van der Waals surface area contributed by atoms with E-state index in [1.807, 2.05) is 18.2 Å². The van der Waals surface area contributed by atoms with Gasteiger partial charge in [0.15, 0.2) is 0 Å². The maximum absolute atomic E-state index is 6.13. The molecule has 2 heteroatoms. The van der Waals surface area contributed by atoms with Gasteiger partial charge in [-0.2, -0.15) is 0 Å². The highest BCUT2D eigenvalue weighted by Crippen LogP contribution is 2.54. The Morgan fingerprint density at radius 1 is 1.54 bits per heavy atom. The molecular formula is C11H14ClN. The summed E-state index contributed by atoms with van der Waals surface area (Å²) in [6, 6.07) is 8.07. The van der Waals surface area contributed by atoms with Gasteiger partial charge in [0.1, 0.15) is 0 Å². The summed E-state index contributed by atoms with van der Waals surface area (Å²) in [6.45, 7) is 3.01. The van der Waals surface area contributed by atoms with Gasteiger partial charge < -0.3 is 5.73 Å². The molecule has 0 aliphatic heterocycles. The van der Waals surface area contributed by atoms with E-state index in [0.29, 0.717) is 5.92 Å². The molecule has 1 saturated carbocycles. The number of halogens is 1. The van der Waals surface area contributed by atoms with E-state index in [9.17, 15) is 0 Å². The van der Waals surface area contributed by atoms with Crippen LogP contribution in [0.1, 0.15) is 18.9 Å². The molecule has 0 unspecified atom stereocenters. The second-order valence-corrected chi connectivity index (χ2v) is 4.44. The van der Waals surface area contributed by atoms with Gasteiger partial charge in [-0.05, 0) is 35.9 Å². The lowest BCUT2D eigenvalue weighted by molar-refractivity contribution is 0.666. The smallest absolute Gasteiger partial charge is 0.0443 e. The first-order valence-electron chi connectivity index (χ1n) is 4.63. The molecular weight excluding hydrogens is 182 g/mol. The highest BCUT2D eigenvalue weighted by molar-refractivity contribution is 6.31. The quantitative estimate of drug-likeness (QED) is 0.772. The summed E-state index contributed by atoms with van der Waals surface area (Å²) in [4.78, 5) is 0. The second-order valence-electron chi connectivity index (χ2n) is 4.03. The van der Waals surface area contributed by atoms with E-state index in [1.165, 1.54) is 12.0 Å². The molecule has 1 fully saturated rings. The van der Waals surface area contributed by atoms with Crippen molar-refractivity contribution in [3.8, 4) is 0 Å². The fraction of sp³-hybridized carbons (Fsp3) is 0.455. The van der Waals surface area contributed by atoms with Crippen molar-refractivity contribution >= 4 is 11.6 Å². The number of nitrogens with two attached hydrogens (primary N) is 1. The van der Waals surface area contributed by atoms with Gasteiger partial charge in [-0.25, -0.2) is 0 Å². The van der Waals surface area contributed by atoms with Crippen LogP contribution in [-0.2, 0) is 5.41 Å². The van der Waals surface area contributed by atoms with Crippen LogP contribution in [0.25, 0.3) is 0 Å². The van der Waals surface area contributed by atoms with Gasteiger partial charge in [0.25, 0.3) is 0 Å². The van der Waals surface area contributed by atoms with Gasteiger partial charge >= 0.3 is 0 Å². The predicted molar refractivity (Wildman–Crippen MR) is 56.0 cm³/mol. The minimum Gasteiger partial charge on any atom is -0.330 e. The molecule has 0 spiro atoms. The van der Waals surface area contributed by atoms with Crippen molar-refractivity contribution in [3.05, 3.63) is 34.9 Å². The lowest BCUT2D eigenvalue weighted by Gasteiger charge is -2.12. The highest BCUT2D eigenvalue weighted by Gasteiger charge is 2.50. The first-order valence-corrected chi connectivity index (χ1v) is 5.01. The van der Waals surface area contributed by atoms with E-state index in [4.69, 9.17) is 17.3 Å². The SMILES string of the molecule is C[C@]1(c2ccccc2Cl)C[C@H]1CN. The molecule has 2 N–H and O–H groups in total. The standard InChI is InChI=1S/C11H14ClN/c1-11(6-8(11)7-13)9-4-2-3-5-10(9)12/h2-5,8H,6-7,13H2,1H3/t8-,11-/m0/s1. The van der Waals surface area contributed by atoms with Crippen LogP contribution in [-0.4, -0.2) is 6.54 Å². The van der Waals surface area contributed by atoms with Crippen LogP contribution >= 0.6 is 11.6 Å². The van der Waals surface area contributed by atoms with Crippen LogP contribution in [0.5, 0.6) is 0 Å². The third-order valence-corrected chi connectivity index (χ3v) is 3.51. The van der Waals surface area contributed by atoms with E-state index in [1.54, 1.807) is 0 Å². The average molecular weight is 196 g/mol. The van der Waals surface area contributed by atoms with Crippen molar-refractivity contribution in [2.24, 2.45) is 11.7 Å². The Kier molecular flexibility index (Phi) is 2.09. The molecule has 70 valence electrons. The third-order valence-electron chi connectivity index (χ3n) is 3.19. The molecule has 1 aliphatic rings. The zero-order valence-electron chi connectivity index (χ0n) is 7.76. The minimum atomic E-state index is 0.243. The predicted octanol–water partition coefficient (Wildman–Crippen LogP) is 2.58. The molecule has 2 rings (SSSR count). The summed E-state index contributed by atoms with van der Waals surface area (Å²) in [5, 5.41) is 0.876. The number of benzene rings is 1. The lowest BCUT2D eigenvalue weighted by Crippen LogP contribution is -2.12. The van der Waals surface area contributed by atoms with Gasteiger partial charge in [-0.15, -0.1) is 0 Å². The topological polar surface area (TPSA) is 26.0 Å². The van der Waals surface area contributed by atoms with Crippen LogP contribution in [0, 0.1) is 5.92 Å². The van der Waals surface area contributed by atoms with E-state index >= 15 is 0 Å². The van der Waals surface area contributed by atoms with E-state index in [2.05, 4.69) is 13.0 Å². The molecule has 2 atom stereocenters. The summed E-state index contributed by atoms with van der Waals surface area (Å²) in [6.07, 6.45) is 1.17. The van der Waals surface area contributed by atoms with Gasteiger partial charge in [-0.1, -0.05) is 36.7 Å². The van der Waals surface area contributed by atoms with Crippen molar-refractivity contribution in [2.75, 3.05) is 6.54 Å². The van der Waals surface area contributed by atoms with Gasteiger partial charge in [0.05, 0.1) is 0 Å². The summed E-state index contributed by atoms with van der Waals surface area (Å²) in [7, 11) is 0. The Morgan fingerprint density at radius 2 is 2.23 bits per heavy atom. The van der Waals surface area contributed by atoms with Crippen molar-refractivity contribution < 1.29 is 0 Å². The first-order chi connectivity index (χ1) is 6.18. The summed E-state index contributed by atoms with van der Waals surface area (Å²) in [5.74, 6) is 0.618. The first kappa shape index (κ1) is 9.04. The Hall–Kier alpha value is -0.530. The molecule has 0 amide bonds. The second kappa shape index (κ2) is 3.00. The zero-order valence-corrected chi connectivity index (χ0v) is 8.51. The van der Waals surface area contributed by atoms with E-state index < -0.39 is 0 Å². The van der Waals surface area contributed by atoms with Crippen molar-refractivity contribution in [1.29, 1.82) is 0 Å². The Labute approximate surface area is 83.9 Å². The van der Waals surface area contributed by atoms with E-state index in [0.717, 1.165) is 11.6 Å². The van der Waals surface area contributed by atoms with Gasteiger partial charge in [0, 0.05) is 5.02 Å². The lowest BCUT2D eigenvalue weighted by atomic mass is 9.95. The Morgan fingerprint density at radius 3 is 2.77 bits per heavy atom. The van der Waals surface area contributed by atoms with Crippen molar-refractivity contribution in [2.45, 2.75) is 18.8 Å². The zero-order chi connectivity index (χ0) is 9.47. The maximum atomic E-state index is 6.13.